The van der Waals surface area contributed by atoms with Gasteiger partial charge in [-0.05, 0) is 25.0 Å². The highest BCUT2D eigenvalue weighted by Gasteiger charge is 2.49. The topological polar surface area (TPSA) is 65.1 Å². The monoisotopic (exact) mass is 470 g/mol. The van der Waals surface area contributed by atoms with E-state index in [4.69, 9.17) is 4.74 Å². The van der Waals surface area contributed by atoms with Gasteiger partial charge in [-0.2, -0.15) is 13.2 Å². The van der Waals surface area contributed by atoms with Crippen molar-refractivity contribution >= 4 is 11.9 Å². The minimum Gasteiger partial charge on any atom is -0.366 e. The van der Waals surface area contributed by atoms with E-state index in [0.717, 1.165) is 12.5 Å². The second kappa shape index (κ2) is 8.12. The van der Waals surface area contributed by atoms with Gasteiger partial charge in [0.25, 0.3) is 0 Å². The molecule has 2 atom stereocenters. The third kappa shape index (κ3) is 4.40. The standard InChI is InChI=1S/C22H26F4N4O3/c23-16-7-15(22(24,25)26)2-1-14(16)8-28-11-21(12-28)4-6-30(13-21)20(32)29-5-3-18-17(9-29)27-19(31)10-33-18/h1-2,7,17-18H,3-6,8-13H2,(H,27,31)/t17-,18+/m1/s1. The zero-order valence-corrected chi connectivity index (χ0v) is 18.0. The number of nitrogens with one attached hydrogen (secondary N) is 1. The summed E-state index contributed by atoms with van der Waals surface area (Å²) >= 11 is 0. The largest absolute Gasteiger partial charge is 0.416 e. The van der Waals surface area contributed by atoms with Crippen LogP contribution in [0, 0.1) is 11.2 Å². The van der Waals surface area contributed by atoms with Crippen LogP contribution in [0.3, 0.4) is 0 Å². The molecule has 1 spiro atoms. The van der Waals surface area contributed by atoms with Crippen LogP contribution in [0.2, 0.25) is 0 Å². The van der Waals surface area contributed by atoms with Gasteiger partial charge < -0.3 is 19.9 Å². The summed E-state index contributed by atoms with van der Waals surface area (Å²) in [4.78, 5) is 30.3. The van der Waals surface area contributed by atoms with Crippen molar-refractivity contribution in [2.75, 3.05) is 45.9 Å². The Morgan fingerprint density at radius 3 is 2.70 bits per heavy atom. The Hall–Kier alpha value is -2.40. The Balaban J connectivity index is 1.13. The van der Waals surface area contributed by atoms with Crippen LogP contribution in [0.15, 0.2) is 18.2 Å². The Labute approximate surface area is 188 Å². The lowest BCUT2D eigenvalue weighted by Gasteiger charge is -2.48. The molecule has 0 unspecified atom stereocenters. The summed E-state index contributed by atoms with van der Waals surface area (Å²) in [6, 6.07) is 2.43. The van der Waals surface area contributed by atoms with Crippen molar-refractivity contribution in [1.82, 2.24) is 20.0 Å². The predicted octanol–water partition coefficient (Wildman–Crippen LogP) is 2.06. The molecular weight excluding hydrogens is 444 g/mol. The van der Waals surface area contributed by atoms with E-state index in [0.29, 0.717) is 51.8 Å². The Morgan fingerprint density at radius 2 is 1.97 bits per heavy atom. The molecule has 1 N–H and O–H groups in total. The fourth-order valence-electron chi connectivity index (χ4n) is 5.54. The van der Waals surface area contributed by atoms with E-state index >= 15 is 0 Å². The number of hydrogen-bond acceptors (Lipinski definition) is 4. The van der Waals surface area contributed by atoms with Gasteiger partial charge in [-0.15, -0.1) is 0 Å². The molecule has 33 heavy (non-hydrogen) atoms. The summed E-state index contributed by atoms with van der Waals surface area (Å²) in [5.74, 6) is -1.01. The van der Waals surface area contributed by atoms with Gasteiger partial charge in [0, 0.05) is 56.8 Å². The van der Waals surface area contributed by atoms with Crippen molar-refractivity contribution < 1.29 is 31.9 Å². The van der Waals surface area contributed by atoms with E-state index < -0.39 is 17.6 Å². The number of amides is 3. The first-order valence-electron chi connectivity index (χ1n) is 11.1. The van der Waals surface area contributed by atoms with Gasteiger partial charge in [-0.25, -0.2) is 9.18 Å². The quantitative estimate of drug-likeness (QED) is 0.673. The van der Waals surface area contributed by atoms with Crippen LogP contribution in [0.4, 0.5) is 22.4 Å². The molecule has 0 saturated carbocycles. The molecule has 5 rings (SSSR count). The molecular formula is C22H26F4N4O3. The lowest BCUT2D eigenvalue weighted by Crippen LogP contribution is -2.62. The molecule has 0 bridgehead atoms. The molecule has 0 radical (unpaired) electrons. The van der Waals surface area contributed by atoms with Crippen LogP contribution in [-0.2, 0) is 22.3 Å². The highest BCUT2D eigenvalue weighted by molar-refractivity contribution is 5.79. The number of halogens is 4. The molecule has 7 nitrogen and oxygen atoms in total. The normalized spacial score (nSPS) is 27.3. The third-order valence-corrected chi connectivity index (χ3v) is 7.20. The molecule has 1 aromatic carbocycles. The number of ether oxygens (including phenoxy) is 1. The Morgan fingerprint density at radius 1 is 1.18 bits per heavy atom. The highest BCUT2D eigenvalue weighted by Crippen LogP contribution is 2.41. The summed E-state index contributed by atoms with van der Waals surface area (Å²) < 4.78 is 57.9. The van der Waals surface area contributed by atoms with E-state index in [9.17, 15) is 27.2 Å². The van der Waals surface area contributed by atoms with Crippen LogP contribution in [0.1, 0.15) is 24.0 Å². The number of piperidine rings is 1. The fraction of sp³-hybridized carbons (Fsp3) is 0.636. The van der Waals surface area contributed by atoms with Crippen LogP contribution >= 0.6 is 0 Å². The summed E-state index contributed by atoms with van der Waals surface area (Å²) in [6.45, 7) is 3.90. The number of carbonyl (C=O) groups is 2. The second-order valence-corrected chi connectivity index (χ2v) is 9.66. The number of likely N-dealkylation sites (tertiary alicyclic amines) is 3. The molecule has 4 aliphatic heterocycles. The molecule has 4 heterocycles. The van der Waals surface area contributed by atoms with Gasteiger partial charge in [0.05, 0.1) is 17.7 Å². The average Bonchev–Trinajstić information content (AvgIpc) is 3.18. The van der Waals surface area contributed by atoms with Gasteiger partial charge in [-0.3, -0.25) is 9.69 Å². The maximum Gasteiger partial charge on any atom is 0.416 e. The first-order valence-corrected chi connectivity index (χ1v) is 11.1. The molecule has 180 valence electrons. The molecule has 4 fully saturated rings. The maximum atomic E-state index is 14.2. The number of morpholine rings is 1. The van der Waals surface area contributed by atoms with Crippen molar-refractivity contribution in [2.45, 2.75) is 37.7 Å². The second-order valence-electron chi connectivity index (χ2n) is 9.66. The molecule has 0 aromatic heterocycles. The number of fused-ring (bicyclic) bond motifs is 1. The van der Waals surface area contributed by atoms with Crippen molar-refractivity contribution in [3.05, 3.63) is 35.1 Å². The number of hydrogen-bond donors (Lipinski definition) is 1. The van der Waals surface area contributed by atoms with Crippen LogP contribution < -0.4 is 5.32 Å². The minimum atomic E-state index is -4.56. The number of benzene rings is 1. The van der Waals surface area contributed by atoms with E-state index in [1.54, 1.807) is 4.90 Å². The molecule has 1 aromatic rings. The first-order chi connectivity index (χ1) is 15.6. The molecule has 4 aliphatic rings. The van der Waals surface area contributed by atoms with E-state index in [1.165, 1.54) is 6.07 Å². The van der Waals surface area contributed by atoms with Crippen molar-refractivity contribution in [1.29, 1.82) is 0 Å². The van der Waals surface area contributed by atoms with Crippen LogP contribution in [0.25, 0.3) is 0 Å². The summed E-state index contributed by atoms with van der Waals surface area (Å²) in [5, 5.41) is 2.90. The zero-order valence-electron chi connectivity index (χ0n) is 18.0. The van der Waals surface area contributed by atoms with Crippen molar-refractivity contribution in [3.63, 3.8) is 0 Å². The lowest BCUT2D eigenvalue weighted by molar-refractivity contribution is -0.140. The number of rotatable bonds is 2. The number of carbonyl (C=O) groups excluding carboxylic acids is 2. The first kappa shape index (κ1) is 22.4. The lowest BCUT2D eigenvalue weighted by atomic mass is 9.79. The van der Waals surface area contributed by atoms with Gasteiger partial charge in [0.15, 0.2) is 0 Å². The Kier molecular flexibility index (Phi) is 5.51. The number of urea groups is 1. The van der Waals surface area contributed by atoms with Gasteiger partial charge in [0.1, 0.15) is 12.4 Å². The maximum absolute atomic E-state index is 14.2. The van der Waals surface area contributed by atoms with E-state index in [2.05, 4.69) is 5.32 Å². The predicted molar refractivity (Wildman–Crippen MR) is 109 cm³/mol. The van der Waals surface area contributed by atoms with Crippen LogP contribution in [0.5, 0.6) is 0 Å². The van der Waals surface area contributed by atoms with Crippen molar-refractivity contribution in [2.24, 2.45) is 5.41 Å². The van der Waals surface area contributed by atoms with Gasteiger partial charge >= 0.3 is 12.2 Å². The van der Waals surface area contributed by atoms with Crippen molar-refractivity contribution in [3.8, 4) is 0 Å². The molecule has 11 heteroatoms. The SMILES string of the molecule is O=C1CO[C@H]2CCN(C(=O)N3CCC4(CN(Cc5ccc(C(F)(F)F)cc5F)C4)C3)C[C@H]2N1. The molecule has 3 amide bonds. The number of alkyl halides is 3. The Bertz CT molecular complexity index is 950. The van der Waals surface area contributed by atoms with Gasteiger partial charge in [0.2, 0.25) is 5.91 Å². The smallest absolute Gasteiger partial charge is 0.366 e. The molecule has 0 aliphatic carbocycles. The van der Waals surface area contributed by atoms with Gasteiger partial charge in [-0.1, -0.05) is 6.07 Å². The minimum absolute atomic E-state index is 0.0441. The third-order valence-electron chi connectivity index (χ3n) is 7.20. The average molecular weight is 470 g/mol. The summed E-state index contributed by atoms with van der Waals surface area (Å²) in [7, 11) is 0. The zero-order chi connectivity index (χ0) is 23.4. The van der Waals surface area contributed by atoms with E-state index in [1.807, 2.05) is 9.80 Å². The molecule has 4 saturated heterocycles. The van der Waals surface area contributed by atoms with Crippen LogP contribution in [-0.4, -0.2) is 84.7 Å². The fourth-order valence-corrected chi connectivity index (χ4v) is 5.54. The van der Waals surface area contributed by atoms with E-state index in [-0.39, 0.29) is 48.2 Å². The number of nitrogens with zero attached hydrogens (tertiary/aromatic N) is 3. The highest BCUT2D eigenvalue weighted by atomic mass is 19.4. The summed E-state index contributed by atoms with van der Waals surface area (Å²) in [6.07, 6.45) is -3.10. The summed E-state index contributed by atoms with van der Waals surface area (Å²) in [5.41, 5.74) is -0.806.